The molecule has 0 heterocycles. The van der Waals surface area contributed by atoms with E-state index in [9.17, 15) is 15.0 Å². The molecule has 2 rings (SSSR count). The molecule has 4 nitrogen and oxygen atoms in total. The summed E-state index contributed by atoms with van der Waals surface area (Å²) in [5.41, 5.74) is 0.889. The number of para-hydroxylation sites is 1. The van der Waals surface area contributed by atoms with E-state index in [1.165, 1.54) is 30.0 Å². The first kappa shape index (κ1) is 12.0. The molecule has 1 amide bonds. The predicted molar refractivity (Wildman–Crippen MR) is 69.0 cm³/mol. The van der Waals surface area contributed by atoms with E-state index in [-0.39, 0.29) is 23.1 Å². The summed E-state index contributed by atoms with van der Waals surface area (Å²) in [6.45, 7) is 1.40. The zero-order valence-electron chi connectivity index (χ0n) is 9.87. The van der Waals surface area contributed by atoms with Crippen LogP contribution in [0.1, 0.15) is 6.92 Å². The monoisotopic (exact) mass is 243 g/mol. The standard InChI is InChI=1S/C14H13NO3/c1-10(16)15(11-5-3-2-4-6-11)13-9-12(17)7-8-14(13)18/h2-9,17-18H,1H3. The molecule has 92 valence electrons. The molecular formula is C14H13NO3. The number of carbonyl (C=O) groups excluding carboxylic acids is 1. The quantitative estimate of drug-likeness (QED) is 0.797. The number of phenolic OH excluding ortho intramolecular Hbond substituents is 2. The van der Waals surface area contributed by atoms with Crippen LogP contribution < -0.4 is 4.90 Å². The van der Waals surface area contributed by atoms with Crippen molar-refractivity contribution in [1.29, 1.82) is 0 Å². The topological polar surface area (TPSA) is 60.8 Å². The lowest BCUT2D eigenvalue weighted by Gasteiger charge is -2.22. The van der Waals surface area contributed by atoms with Crippen molar-refractivity contribution < 1.29 is 15.0 Å². The van der Waals surface area contributed by atoms with Crippen LogP contribution in [0.4, 0.5) is 11.4 Å². The molecule has 4 heteroatoms. The van der Waals surface area contributed by atoms with Crippen LogP contribution in [0.15, 0.2) is 48.5 Å². The number of benzene rings is 2. The first-order chi connectivity index (χ1) is 8.59. The van der Waals surface area contributed by atoms with Crippen molar-refractivity contribution in [3.05, 3.63) is 48.5 Å². The van der Waals surface area contributed by atoms with Gasteiger partial charge in [-0.15, -0.1) is 0 Å². The van der Waals surface area contributed by atoms with Gasteiger partial charge in [0.2, 0.25) is 5.91 Å². The van der Waals surface area contributed by atoms with Gasteiger partial charge in [-0.3, -0.25) is 9.69 Å². The summed E-state index contributed by atoms with van der Waals surface area (Å²) in [6, 6.07) is 13.0. The third-order valence-electron chi connectivity index (χ3n) is 2.53. The number of rotatable bonds is 2. The third-order valence-corrected chi connectivity index (χ3v) is 2.53. The highest BCUT2D eigenvalue weighted by Crippen LogP contribution is 2.35. The number of aromatic hydroxyl groups is 2. The van der Waals surface area contributed by atoms with Gasteiger partial charge < -0.3 is 10.2 Å². The van der Waals surface area contributed by atoms with E-state index >= 15 is 0 Å². The summed E-state index contributed by atoms with van der Waals surface area (Å²) in [5.74, 6) is -0.320. The van der Waals surface area contributed by atoms with Crippen LogP contribution in [0, 0.1) is 0 Å². The van der Waals surface area contributed by atoms with Crippen LogP contribution in [-0.2, 0) is 4.79 Å². The minimum atomic E-state index is -0.248. The Bertz CT molecular complexity index is 567. The van der Waals surface area contributed by atoms with Crippen LogP contribution >= 0.6 is 0 Å². The summed E-state index contributed by atoms with van der Waals surface area (Å²) >= 11 is 0. The molecule has 2 aromatic rings. The average molecular weight is 243 g/mol. The van der Waals surface area contributed by atoms with Gasteiger partial charge in [0.25, 0.3) is 0 Å². The van der Waals surface area contributed by atoms with E-state index in [1.54, 1.807) is 24.3 Å². The maximum atomic E-state index is 11.7. The molecule has 0 aliphatic carbocycles. The largest absolute Gasteiger partial charge is 0.508 e. The van der Waals surface area contributed by atoms with Crippen molar-refractivity contribution in [2.24, 2.45) is 0 Å². The molecule has 0 unspecified atom stereocenters. The van der Waals surface area contributed by atoms with E-state index in [4.69, 9.17) is 0 Å². The normalized spacial score (nSPS) is 10.1. The van der Waals surface area contributed by atoms with Crippen molar-refractivity contribution in [3.63, 3.8) is 0 Å². The SMILES string of the molecule is CC(=O)N(c1ccccc1)c1cc(O)ccc1O. The fourth-order valence-corrected chi connectivity index (χ4v) is 1.76. The smallest absolute Gasteiger partial charge is 0.228 e. The van der Waals surface area contributed by atoms with E-state index < -0.39 is 0 Å². The Balaban J connectivity index is 2.55. The number of hydrogen-bond acceptors (Lipinski definition) is 3. The van der Waals surface area contributed by atoms with Crippen LogP contribution in [0.5, 0.6) is 11.5 Å². The molecule has 2 aromatic carbocycles. The summed E-state index contributed by atoms with van der Waals surface area (Å²) in [4.78, 5) is 13.1. The van der Waals surface area contributed by atoms with Gasteiger partial charge in [-0.25, -0.2) is 0 Å². The fraction of sp³-hybridized carbons (Fsp3) is 0.0714. The summed E-state index contributed by atoms with van der Waals surface area (Å²) in [5, 5.41) is 19.3. The third kappa shape index (κ3) is 2.27. The van der Waals surface area contributed by atoms with Crippen molar-refractivity contribution in [2.75, 3.05) is 4.90 Å². The van der Waals surface area contributed by atoms with Gasteiger partial charge in [0.05, 0.1) is 5.69 Å². The minimum Gasteiger partial charge on any atom is -0.508 e. The van der Waals surface area contributed by atoms with E-state index in [1.807, 2.05) is 6.07 Å². The van der Waals surface area contributed by atoms with E-state index in [2.05, 4.69) is 0 Å². The summed E-state index contributed by atoms with van der Waals surface area (Å²) < 4.78 is 0. The second kappa shape index (κ2) is 4.79. The van der Waals surface area contributed by atoms with Crippen LogP contribution in [0.2, 0.25) is 0 Å². The highest BCUT2D eigenvalue weighted by molar-refractivity contribution is 6.00. The number of nitrogens with zero attached hydrogens (tertiary/aromatic N) is 1. The lowest BCUT2D eigenvalue weighted by molar-refractivity contribution is -0.115. The second-order valence-corrected chi connectivity index (χ2v) is 3.86. The number of anilines is 2. The molecule has 0 saturated carbocycles. The molecule has 0 fully saturated rings. The molecule has 0 aliphatic heterocycles. The minimum absolute atomic E-state index is 0.00928. The molecule has 2 N–H and O–H groups in total. The Hall–Kier alpha value is -2.49. The van der Waals surface area contributed by atoms with E-state index in [0.29, 0.717) is 5.69 Å². The Labute approximate surface area is 105 Å². The highest BCUT2D eigenvalue weighted by Gasteiger charge is 2.17. The second-order valence-electron chi connectivity index (χ2n) is 3.86. The molecule has 0 atom stereocenters. The summed E-state index contributed by atoms with van der Waals surface area (Å²) in [7, 11) is 0. The maximum Gasteiger partial charge on any atom is 0.228 e. The van der Waals surface area contributed by atoms with Gasteiger partial charge in [-0.1, -0.05) is 18.2 Å². The number of phenols is 2. The number of carbonyl (C=O) groups is 1. The zero-order chi connectivity index (χ0) is 13.1. The van der Waals surface area contributed by atoms with Crippen LogP contribution in [0.3, 0.4) is 0 Å². The predicted octanol–water partition coefficient (Wildman–Crippen LogP) is 2.78. The van der Waals surface area contributed by atoms with Gasteiger partial charge >= 0.3 is 0 Å². The molecule has 18 heavy (non-hydrogen) atoms. The van der Waals surface area contributed by atoms with Gasteiger partial charge in [-0.2, -0.15) is 0 Å². The van der Waals surface area contributed by atoms with Gasteiger partial charge in [-0.05, 0) is 24.3 Å². The fourth-order valence-electron chi connectivity index (χ4n) is 1.76. The van der Waals surface area contributed by atoms with Crippen molar-refractivity contribution >= 4 is 17.3 Å². The van der Waals surface area contributed by atoms with Crippen LogP contribution in [-0.4, -0.2) is 16.1 Å². The molecule has 0 spiro atoms. The van der Waals surface area contributed by atoms with Gasteiger partial charge in [0.1, 0.15) is 11.5 Å². The average Bonchev–Trinajstić information content (AvgIpc) is 2.35. The molecular weight excluding hydrogens is 230 g/mol. The van der Waals surface area contributed by atoms with Gasteiger partial charge in [0.15, 0.2) is 0 Å². The van der Waals surface area contributed by atoms with Crippen LogP contribution in [0.25, 0.3) is 0 Å². The summed E-state index contributed by atoms with van der Waals surface area (Å²) in [6.07, 6.45) is 0. The maximum absolute atomic E-state index is 11.7. The Morgan fingerprint density at radius 3 is 2.33 bits per heavy atom. The molecule has 0 radical (unpaired) electrons. The Morgan fingerprint density at radius 1 is 1.06 bits per heavy atom. The molecule has 0 bridgehead atoms. The lowest BCUT2D eigenvalue weighted by atomic mass is 10.2. The van der Waals surface area contributed by atoms with Crippen molar-refractivity contribution in [2.45, 2.75) is 6.92 Å². The highest BCUT2D eigenvalue weighted by atomic mass is 16.3. The van der Waals surface area contributed by atoms with Gasteiger partial charge in [0, 0.05) is 18.7 Å². The zero-order valence-corrected chi connectivity index (χ0v) is 9.87. The van der Waals surface area contributed by atoms with Crippen molar-refractivity contribution in [1.82, 2.24) is 0 Å². The first-order valence-electron chi connectivity index (χ1n) is 5.47. The Kier molecular flexibility index (Phi) is 3.19. The lowest BCUT2D eigenvalue weighted by Crippen LogP contribution is -2.22. The number of hydrogen-bond donors (Lipinski definition) is 2. The van der Waals surface area contributed by atoms with Crippen molar-refractivity contribution in [3.8, 4) is 11.5 Å². The number of amides is 1. The molecule has 0 saturated heterocycles. The van der Waals surface area contributed by atoms with E-state index in [0.717, 1.165) is 0 Å². The first-order valence-corrected chi connectivity index (χ1v) is 5.47. The Morgan fingerprint density at radius 2 is 1.72 bits per heavy atom. The molecule has 0 aromatic heterocycles. The molecule has 0 aliphatic rings.